The molecule has 1 aromatic heterocycles. The van der Waals surface area contributed by atoms with Gasteiger partial charge < -0.3 is 19.7 Å². The lowest BCUT2D eigenvalue weighted by atomic mass is 10.0. The summed E-state index contributed by atoms with van der Waals surface area (Å²) in [5.74, 6) is 0.655. The lowest BCUT2D eigenvalue weighted by Crippen LogP contribution is -2.46. The van der Waals surface area contributed by atoms with E-state index in [9.17, 15) is 9.59 Å². The minimum Gasteiger partial charge on any atom is -0.491 e. The van der Waals surface area contributed by atoms with E-state index in [1.54, 1.807) is 43.5 Å². The summed E-state index contributed by atoms with van der Waals surface area (Å²) in [6.07, 6.45) is 5.41. The van der Waals surface area contributed by atoms with Crippen molar-refractivity contribution in [3.05, 3.63) is 53.9 Å². The number of fused-ring (bicyclic) bond motifs is 1. The number of nitrogens with one attached hydrogen (secondary N) is 1. The highest BCUT2D eigenvalue weighted by Gasteiger charge is 2.31. The molecule has 1 saturated carbocycles. The molecule has 1 N–H and O–H groups in total. The largest absolute Gasteiger partial charge is 0.491 e. The Morgan fingerprint density at radius 2 is 2.03 bits per heavy atom. The van der Waals surface area contributed by atoms with E-state index in [0.29, 0.717) is 30.2 Å². The zero-order valence-electron chi connectivity index (χ0n) is 21.1. The van der Waals surface area contributed by atoms with Gasteiger partial charge in [0.05, 0.1) is 11.7 Å². The molecule has 0 bridgehead atoms. The number of benzene rings is 1. The summed E-state index contributed by atoms with van der Waals surface area (Å²) in [4.78, 5) is 33.9. The van der Waals surface area contributed by atoms with E-state index in [2.05, 4.69) is 35.1 Å². The molecule has 0 unspecified atom stereocenters. The molecule has 1 aliphatic carbocycles. The maximum Gasteiger partial charge on any atom is 0.257 e. The Bertz CT molecular complexity index is 1030. The van der Waals surface area contributed by atoms with Crippen LogP contribution in [-0.4, -0.2) is 72.6 Å². The molecule has 8 heteroatoms. The van der Waals surface area contributed by atoms with Gasteiger partial charge in [-0.1, -0.05) is 13.0 Å². The molecular weight excluding hydrogens is 444 g/mol. The third kappa shape index (κ3) is 6.38. The number of carbonyl (C=O) groups is 2. The average Bonchev–Trinajstić information content (AvgIpc) is 3.71. The third-order valence-electron chi connectivity index (χ3n) is 6.90. The normalized spacial score (nSPS) is 24.1. The van der Waals surface area contributed by atoms with Crippen molar-refractivity contribution in [2.24, 2.45) is 11.8 Å². The first kappa shape index (κ1) is 25.1. The van der Waals surface area contributed by atoms with Crippen LogP contribution in [0.25, 0.3) is 0 Å². The van der Waals surface area contributed by atoms with Crippen LogP contribution in [0.15, 0.2) is 42.7 Å². The number of carbonyl (C=O) groups excluding carboxylic acids is 2. The number of hydrogen-bond acceptors (Lipinski definition) is 6. The molecule has 2 amide bonds. The minimum absolute atomic E-state index is 0.0227. The molecular formula is C27H36N4O4. The molecule has 1 aliphatic heterocycles. The topological polar surface area (TPSA) is 84.0 Å². The van der Waals surface area contributed by atoms with Gasteiger partial charge in [-0.15, -0.1) is 0 Å². The number of ether oxygens (including phenoxy) is 2. The summed E-state index contributed by atoms with van der Waals surface area (Å²) in [7, 11) is 3.49. The fourth-order valence-electron chi connectivity index (χ4n) is 4.46. The molecule has 4 rings (SSSR count). The highest BCUT2D eigenvalue weighted by atomic mass is 16.5. The van der Waals surface area contributed by atoms with Crippen LogP contribution in [0.5, 0.6) is 5.75 Å². The molecule has 0 radical (unpaired) electrons. The van der Waals surface area contributed by atoms with E-state index in [-0.39, 0.29) is 35.8 Å². The molecule has 2 aromatic rings. The van der Waals surface area contributed by atoms with Gasteiger partial charge in [0.2, 0.25) is 5.91 Å². The number of aromatic nitrogens is 1. The van der Waals surface area contributed by atoms with Gasteiger partial charge in [-0.05, 0) is 49.4 Å². The first-order valence-electron chi connectivity index (χ1n) is 12.3. The zero-order valence-corrected chi connectivity index (χ0v) is 21.1. The molecule has 3 atom stereocenters. The molecule has 2 aliphatic rings. The number of anilines is 1. The number of likely N-dealkylation sites (N-methyl/N-ethyl adjacent to an activating group) is 1. The number of rotatable bonds is 5. The van der Waals surface area contributed by atoms with Crippen molar-refractivity contribution in [3.8, 4) is 5.75 Å². The molecule has 0 saturated heterocycles. The molecule has 1 fully saturated rings. The predicted octanol–water partition coefficient (Wildman–Crippen LogP) is 3.44. The van der Waals surface area contributed by atoms with E-state index in [1.807, 2.05) is 12.3 Å². The van der Waals surface area contributed by atoms with Crippen LogP contribution in [0, 0.1) is 11.8 Å². The SMILES string of the molecule is CO[C@H]1CN(C)C(=O)c2ccc(NC(=O)C3CC3)cc2OC[C@H](C)N(Cc2cccnc2)C[C@H]1C. The first-order chi connectivity index (χ1) is 16.9. The van der Waals surface area contributed by atoms with E-state index >= 15 is 0 Å². The lowest BCUT2D eigenvalue weighted by molar-refractivity contribution is -0.117. The van der Waals surface area contributed by atoms with Gasteiger partial charge in [-0.25, -0.2) is 0 Å². The quantitative estimate of drug-likeness (QED) is 0.706. The summed E-state index contributed by atoms with van der Waals surface area (Å²) < 4.78 is 12.1. The van der Waals surface area contributed by atoms with Crippen LogP contribution in [0.4, 0.5) is 5.69 Å². The predicted molar refractivity (Wildman–Crippen MR) is 134 cm³/mol. The standard InChI is InChI=1S/C27H36N4O4/c1-18-14-31(15-20-6-5-11-28-13-20)19(2)17-35-24-12-22(29-26(32)21-7-8-21)9-10-23(24)27(33)30(3)16-25(18)34-4/h5-6,9-13,18-19,21,25H,7-8,14-17H2,1-4H3,(H,29,32)/t18-,19+,25+/m1/s1. The number of hydrogen-bond donors (Lipinski definition) is 1. The van der Waals surface area contributed by atoms with Crippen molar-refractivity contribution in [3.63, 3.8) is 0 Å². The smallest absolute Gasteiger partial charge is 0.257 e. The van der Waals surface area contributed by atoms with Gasteiger partial charge in [0.25, 0.3) is 5.91 Å². The summed E-state index contributed by atoms with van der Waals surface area (Å²) in [6, 6.07) is 9.37. The maximum atomic E-state index is 13.3. The second kappa shape index (κ2) is 11.2. The van der Waals surface area contributed by atoms with Gasteiger partial charge in [-0.2, -0.15) is 0 Å². The summed E-state index contributed by atoms with van der Waals surface area (Å²) in [5, 5.41) is 2.96. The third-order valence-corrected chi connectivity index (χ3v) is 6.90. The van der Waals surface area contributed by atoms with E-state index < -0.39 is 0 Å². The Hall–Kier alpha value is -2.97. The number of pyridine rings is 1. The minimum atomic E-state index is -0.130. The maximum absolute atomic E-state index is 13.3. The van der Waals surface area contributed by atoms with Gasteiger partial charge >= 0.3 is 0 Å². The number of nitrogens with zero attached hydrogens (tertiary/aromatic N) is 3. The van der Waals surface area contributed by atoms with Crippen molar-refractivity contribution >= 4 is 17.5 Å². The van der Waals surface area contributed by atoms with Crippen LogP contribution in [0.1, 0.15) is 42.6 Å². The molecule has 0 spiro atoms. The van der Waals surface area contributed by atoms with Crippen LogP contribution < -0.4 is 10.1 Å². The van der Waals surface area contributed by atoms with Crippen molar-refractivity contribution in [1.82, 2.24) is 14.8 Å². The van der Waals surface area contributed by atoms with Crippen molar-refractivity contribution < 1.29 is 19.1 Å². The van der Waals surface area contributed by atoms with Gasteiger partial charge in [0.1, 0.15) is 12.4 Å². The highest BCUT2D eigenvalue weighted by molar-refractivity contribution is 5.99. The molecule has 8 nitrogen and oxygen atoms in total. The van der Waals surface area contributed by atoms with Crippen molar-refractivity contribution in [2.75, 3.05) is 39.2 Å². The zero-order chi connectivity index (χ0) is 24.9. The number of methoxy groups -OCH3 is 1. The van der Waals surface area contributed by atoms with Crippen LogP contribution >= 0.6 is 0 Å². The Morgan fingerprint density at radius 3 is 2.71 bits per heavy atom. The molecule has 188 valence electrons. The second-order valence-corrected chi connectivity index (χ2v) is 9.86. The van der Waals surface area contributed by atoms with E-state index in [1.165, 1.54) is 0 Å². The van der Waals surface area contributed by atoms with Gasteiger partial charge in [0, 0.05) is 69.9 Å². The average molecular weight is 481 g/mol. The summed E-state index contributed by atoms with van der Waals surface area (Å²) in [5.41, 5.74) is 2.25. The van der Waals surface area contributed by atoms with Crippen LogP contribution in [0.2, 0.25) is 0 Å². The number of amides is 2. The monoisotopic (exact) mass is 480 g/mol. The van der Waals surface area contributed by atoms with E-state index in [0.717, 1.165) is 31.5 Å². The Labute approximate surface area is 207 Å². The lowest BCUT2D eigenvalue weighted by Gasteiger charge is -2.36. The molecule has 2 heterocycles. The Balaban J connectivity index is 1.62. The highest BCUT2D eigenvalue weighted by Crippen LogP contribution is 2.32. The van der Waals surface area contributed by atoms with Gasteiger partial charge in [-0.3, -0.25) is 19.5 Å². The Morgan fingerprint density at radius 1 is 1.23 bits per heavy atom. The van der Waals surface area contributed by atoms with Gasteiger partial charge in [0.15, 0.2) is 0 Å². The van der Waals surface area contributed by atoms with Crippen LogP contribution in [0.3, 0.4) is 0 Å². The summed E-state index contributed by atoms with van der Waals surface area (Å²) >= 11 is 0. The van der Waals surface area contributed by atoms with Crippen LogP contribution in [-0.2, 0) is 16.1 Å². The second-order valence-electron chi connectivity index (χ2n) is 9.86. The molecule has 35 heavy (non-hydrogen) atoms. The van der Waals surface area contributed by atoms with E-state index in [4.69, 9.17) is 9.47 Å². The summed E-state index contributed by atoms with van der Waals surface area (Å²) in [6.45, 7) is 6.66. The fourth-order valence-corrected chi connectivity index (χ4v) is 4.46. The fraction of sp³-hybridized carbons (Fsp3) is 0.519. The van der Waals surface area contributed by atoms with Crippen molar-refractivity contribution in [1.29, 1.82) is 0 Å². The van der Waals surface area contributed by atoms with Crippen molar-refractivity contribution in [2.45, 2.75) is 45.4 Å². The first-order valence-corrected chi connectivity index (χ1v) is 12.3. The Kier molecular flexibility index (Phi) is 8.03. The molecule has 1 aromatic carbocycles.